The first-order valence-electron chi connectivity index (χ1n) is 12.1. The number of likely N-dealkylation sites (tertiary alicyclic amines) is 1. The number of methoxy groups -OCH3 is 4. The van der Waals surface area contributed by atoms with Gasteiger partial charge in [0.25, 0.3) is 5.91 Å². The molecule has 0 radical (unpaired) electrons. The lowest BCUT2D eigenvalue weighted by Gasteiger charge is -2.39. The molecule has 36 heavy (non-hydrogen) atoms. The number of amides is 1. The van der Waals surface area contributed by atoms with Crippen LogP contribution >= 0.6 is 0 Å². The van der Waals surface area contributed by atoms with Crippen molar-refractivity contribution in [2.45, 2.75) is 25.4 Å². The summed E-state index contributed by atoms with van der Waals surface area (Å²) in [5.74, 6) is 2.54. The molecule has 1 aliphatic rings. The standard InChI is InChI=1S/C29H34N2O5/c1-33-24-9-7-8-21(18-24)20-30-16-14-22(15-17-30)31(23-12-13-27(35-3)28(19-23)36-4)29(32)25-10-5-6-11-26(25)34-2/h5-13,18-19,22H,14-17,20H2,1-4H3. The number of anilines is 1. The molecule has 0 unspecified atom stereocenters. The first-order valence-corrected chi connectivity index (χ1v) is 12.1. The molecule has 7 nitrogen and oxygen atoms in total. The van der Waals surface area contributed by atoms with Crippen molar-refractivity contribution in [3.05, 3.63) is 77.9 Å². The van der Waals surface area contributed by atoms with Gasteiger partial charge in [0.05, 0.1) is 34.0 Å². The number of carbonyl (C=O) groups is 1. The molecule has 1 aliphatic heterocycles. The van der Waals surface area contributed by atoms with Gasteiger partial charge in [0.15, 0.2) is 11.5 Å². The Kier molecular flexibility index (Phi) is 8.33. The summed E-state index contributed by atoms with van der Waals surface area (Å²) in [6.45, 7) is 2.61. The van der Waals surface area contributed by atoms with Crippen LogP contribution < -0.4 is 23.8 Å². The minimum absolute atomic E-state index is 0.0297. The maximum atomic E-state index is 14.0. The van der Waals surface area contributed by atoms with Crippen molar-refractivity contribution < 1.29 is 23.7 Å². The molecule has 0 aliphatic carbocycles. The average Bonchev–Trinajstić information content (AvgIpc) is 2.94. The fraction of sp³-hybridized carbons (Fsp3) is 0.345. The van der Waals surface area contributed by atoms with E-state index >= 15 is 0 Å². The summed E-state index contributed by atoms with van der Waals surface area (Å²) < 4.78 is 21.8. The van der Waals surface area contributed by atoms with Gasteiger partial charge < -0.3 is 23.8 Å². The Morgan fingerprint density at radius 3 is 2.22 bits per heavy atom. The summed E-state index contributed by atoms with van der Waals surface area (Å²) in [6, 6.07) is 21.2. The predicted molar refractivity (Wildman–Crippen MR) is 141 cm³/mol. The van der Waals surface area contributed by atoms with E-state index < -0.39 is 0 Å². The molecule has 1 amide bonds. The van der Waals surface area contributed by atoms with Crippen LogP contribution in [-0.2, 0) is 6.54 Å². The van der Waals surface area contributed by atoms with E-state index in [-0.39, 0.29) is 11.9 Å². The Labute approximate surface area is 213 Å². The monoisotopic (exact) mass is 490 g/mol. The third kappa shape index (κ3) is 5.57. The van der Waals surface area contributed by atoms with E-state index in [1.807, 2.05) is 59.5 Å². The highest BCUT2D eigenvalue weighted by Gasteiger charge is 2.31. The van der Waals surface area contributed by atoms with Gasteiger partial charge in [-0.3, -0.25) is 9.69 Å². The van der Waals surface area contributed by atoms with E-state index in [1.165, 1.54) is 5.56 Å². The molecule has 0 saturated carbocycles. The molecule has 0 atom stereocenters. The summed E-state index contributed by atoms with van der Waals surface area (Å²) in [6.07, 6.45) is 1.69. The number of rotatable bonds is 9. The predicted octanol–water partition coefficient (Wildman–Crippen LogP) is 5.03. The third-order valence-electron chi connectivity index (χ3n) is 6.66. The molecule has 0 aromatic heterocycles. The van der Waals surface area contributed by atoms with Gasteiger partial charge in [-0.15, -0.1) is 0 Å². The van der Waals surface area contributed by atoms with Crippen LogP contribution in [0.15, 0.2) is 66.7 Å². The molecule has 3 aromatic carbocycles. The van der Waals surface area contributed by atoms with Gasteiger partial charge in [-0.05, 0) is 54.8 Å². The van der Waals surface area contributed by atoms with Gasteiger partial charge in [-0.1, -0.05) is 24.3 Å². The van der Waals surface area contributed by atoms with E-state index in [2.05, 4.69) is 17.0 Å². The zero-order valence-electron chi connectivity index (χ0n) is 21.4. The van der Waals surface area contributed by atoms with Gasteiger partial charge >= 0.3 is 0 Å². The average molecular weight is 491 g/mol. The largest absolute Gasteiger partial charge is 0.497 e. The normalized spacial score (nSPS) is 14.2. The number of piperidine rings is 1. The molecule has 1 heterocycles. The van der Waals surface area contributed by atoms with Gasteiger partial charge in [-0.25, -0.2) is 0 Å². The second-order valence-corrected chi connectivity index (χ2v) is 8.77. The fourth-order valence-electron chi connectivity index (χ4n) is 4.78. The van der Waals surface area contributed by atoms with Gasteiger partial charge in [-0.2, -0.15) is 0 Å². The topological polar surface area (TPSA) is 60.5 Å². The first kappa shape index (κ1) is 25.4. The lowest BCUT2D eigenvalue weighted by molar-refractivity contribution is 0.0955. The van der Waals surface area contributed by atoms with Crippen LogP contribution in [0.3, 0.4) is 0 Å². The molecule has 3 aromatic rings. The van der Waals surface area contributed by atoms with E-state index in [0.29, 0.717) is 22.8 Å². The molecular formula is C29H34N2O5. The zero-order valence-corrected chi connectivity index (χ0v) is 21.4. The minimum Gasteiger partial charge on any atom is -0.497 e. The Hall–Kier alpha value is -3.71. The molecule has 190 valence electrons. The Bertz CT molecular complexity index is 1170. The van der Waals surface area contributed by atoms with Crippen LogP contribution in [0.25, 0.3) is 0 Å². The summed E-state index contributed by atoms with van der Waals surface area (Å²) in [5, 5.41) is 0. The lowest BCUT2D eigenvalue weighted by Crippen LogP contribution is -2.47. The van der Waals surface area contributed by atoms with Crippen molar-refractivity contribution in [3.63, 3.8) is 0 Å². The van der Waals surface area contributed by atoms with Crippen LogP contribution in [-0.4, -0.2) is 58.4 Å². The van der Waals surface area contributed by atoms with Crippen LogP contribution in [0.4, 0.5) is 5.69 Å². The van der Waals surface area contributed by atoms with Gasteiger partial charge in [0.1, 0.15) is 11.5 Å². The summed E-state index contributed by atoms with van der Waals surface area (Å²) >= 11 is 0. The zero-order chi connectivity index (χ0) is 25.5. The quantitative estimate of drug-likeness (QED) is 0.419. The van der Waals surface area contributed by atoms with E-state index in [9.17, 15) is 4.79 Å². The summed E-state index contributed by atoms with van der Waals surface area (Å²) in [4.78, 5) is 18.3. The molecule has 0 bridgehead atoms. The number of ether oxygens (including phenoxy) is 4. The van der Waals surface area contributed by atoms with Gasteiger partial charge in [0.2, 0.25) is 0 Å². The van der Waals surface area contributed by atoms with Crippen LogP contribution in [0.2, 0.25) is 0 Å². The lowest BCUT2D eigenvalue weighted by atomic mass is 9.99. The first-order chi connectivity index (χ1) is 17.6. The minimum atomic E-state index is -0.0917. The number of benzene rings is 3. The fourth-order valence-corrected chi connectivity index (χ4v) is 4.78. The molecule has 0 spiro atoms. The highest BCUT2D eigenvalue weighted by Crippen LogP contribution is 2.35. The maximum absolute atomic E-state index is 14.0. The SMILES string of the molecule is COc1cccc(CN2CCC(N(C(=O)c3ccccc3OC)c3ccc(OC)c(OC)c3)CC2)c1. The number of hydrogen-bond acceptors (Lipinski definition) is 6. The van der Waals surface area contributed by atoms with Crippen molar-refractivity contribution in [1.82, 2.24) is 4.90 Å². The van der Waals surface area contributed by atoms with E-state index in [1.54, 1.807) is 28.4 Å². The van der Waals surface area contributed by atoms with Crippen molar-refractivity contribution in [1.29, 1.82) is 0 Å². The molecular weight excluding hydrogens is 456 g/mol. The van der Waals surface area contributed by atoms with Crippen LogP contribution in [0, 0.1) is 0 Å². The highest BCUT2D eigenvalue weighted by molar-refractivity contribution is 6.08. The van der Waals surface area contributed by atoms with E-state index in [4.69, 9.17) is 18.9 Å². The second kappa shape index (κ2) is 11.8. The number of nitrogens with zero attached hydrogens (tertiary/aromatic N) is 2. The number of hydrogen-bond donors (Lipinski definition) is 0. The molecule has 0 N–H and O–H groups in total. The van der Waals surface area contributed by atoms with Crippen molar-refractivity contribution in [3.8, 4) is 23.0 Å². The second-order valence-electron chi connectivity index (χ2n) is 8.77. The maximum Gasteiger partial charge on any atom is 0.262 e. The van der Waals surface area contributed by atoms with Crippen LogP contribution in [0.1, 0.15) is 28.8 Å². The Morgan fingerprint density at radius 2 is 1.53 bits per heavy atom. The number of para-hydroxylation sites is 1. The summed E-state index contributed by atoms with van der Waals surface area (Å²) in [5.41, 5.74) is 2.53. The van der Waals surface area contributed by atoms with Crippen molar-refractivity contribution in [2.75, 3.05) is 46.4 Å². The van der Waals surface area contributed by atoms with Crippen LogP contribution in [0.5, 0.6) is 23.0 Å². The smallest absolute Gasteiger partial charge is 0.262 e. The molecule has 1 saturated heterocycles. The van der Waals surface area contributed by atoms with E-state index in [0.717, 1.165) is 43.9 Å². The summed E-state index contributed by atoms with van der Waals surface area (Å²) in [7, 11) is 6.48. The molecule has 7 heteroatoms. The molecule has 1 fully saturated rings. The third-order valence-corrected chi connectivity index (χ3v) is 6.66. The Balaban J connectivity index is 1.59. The number of carbonyl (C=O) groups excluding carboxylic acids is 1. The molecule has 4 rings (SSSR count). The van der Waals surface area contributed by atoms with Gasteiger partial charge in [0, 0.05) is 37.4 Å². The van der Waals surface area contributed by atoms with Crippen molar-refractivity contribution >= 4 is 11.6 Å². The Morgan fingerprint density at radius 1 is 0.806 bits per heavy atom. The van der Waals surface area contributed by atoms with Crippen molar-refractivity contribution in [2.24, 2.45) is 0 Å². The highest BCUT2D eigenvalue weighted by atomic mass is 16.5.